The highest BCUT2D eigenvalue weighted by molar-refractivity contribution is 8.15. The van der Waals surface area contributed by atoms with Crippen molar-refractivity contribution in [3.05, 3.63) is 35.9 Å². The average molecular weight is 212 g/mol. The van der Waals surface area contributed by atoms with Crippen LogP contribution in [0.1, 0.15) is 10.1 Å². The van der Waals surface area contributed by atoms with E-state index >= 15 is 0 Å². The Morgan fingerprint density at radius 1 is 1.00 bits per heavy atom. The third kappa shape index (κ3) is 1.89. The van der Waals surface area contributed by atoms with Gasteiger partial charge in [-0.05, 0) is 12.1 Å². The third-order valence-electron chi connectivity index (χ3n) is 2.53. The monoisotopic (exact) mass is 212 g/mol. The van der Waals surface area contributed by atoms with E-state index in [2.05, 4.69) is 42.8 Å². The highest BCUT2D eigenvalue weighted by Gasteiger charge is 2.47. The van der Waals surface area contributed by atoms with Crippen LogP contribution in [-0.4, -0.2) is 24.0 Å². The van der Waals surface area contributed by atoms with Crippen LogP contribution >= 0.6 is 0 Å². The Kier molecular flexibility index (Phi) is 2.89. The smallest absolute Gasteiger partial charge is 0.0622 e. The largest absolute Gasteiger partial charge is 0.291 e. The highest BCUT2D eigenvalue weighted by atomic mass is 32.3. The first-order valence-electron chi connectivity index (χ1n) is 4.56. The molecule has 0 spiro atoms. The van der Waals surface area contributed by atoms with Gasteiger partial charge in [0, 0.05) is 21.8 Å². The average Bonchev–Trinajstić information content (AvgIpc) is 2.48. The molecule has 1 aromatic carbocycles. The fourth-order valence-electron chi connectivity index (χ4n) is 1.83. The van der Waals surface area contributed by atoms with Crippen LogP contribution in [-0.2, 0) is 21.8 Å². The van der Waals surface area contributed by atoms with Crippen molar-refractivity contribution in [1.82, 2.24) is 0 Å². The van der Waals surface area contributed by atoms with Gasteiger partial charge < -0.3 is 0 Å². The predicted octanol–water partition coefficient (Wildman–Crippen LogP) is 2.20. The van der Waals surface area contributed by atoms with Crippen molar-refractivity contribution in [1.29, 1.82) is 0 Å². The molecule has 70 valence electrons. The second-order valence-electron chi connectivity index (χ2n) is 3.53. The van der Waals surface area contributed by atoms with E-state index < -0.39 is 0 Å². The lowest BCUT2D eigenvalue weighted by atomic mass is 10.2. The Morgan fingerprint density at radius 3 is 2.08 bits per heavy atom. The molecule has 1 aromatic rings. The molecule has 1 aliphatic heterocycles. The van der Waals surface area contributed by atoms with Crippen LogP contribution in [0.2, 0.25) is 0 Å². The number of benzene rings is 1. The van der Waals surface area contributed by atoms with Gasteiger partial charge in [0.1, 0.15) is 12.5 Å². The Bertz CT molecular complexity index is 261. The zero-order valence-electron chi connectivity index (χ0n) is 8.19. The van der Waals surface area contributed by atoms with Gasteiger partial charge in [-0.25, -0.2) is 0 Å². The van der Waals surface area contributed by atoms with Crippen LogP contribution in [0.25, 0.3) is 0 Å². The van der Waals surface area contributed by atoms with E-state index in [1.54, 1.807) is 5.56 Å². The predicted molar refractivity (Wildman–Crippen MR) is 65.5 cm³/mol. The van der Waals surface area contributed by atoms with Gasteiger partial charge in [0.15, 0.2) is 11.5 Å². The molecule has 1 saturated heterocycles. The van der Waals surface area contributed by atoms with Gasteiger partial charge in [-0.1, -0.05) is 18.2 Å². The molecule has 2 heteroatoms. The van der Waals surface area contributed by atoms with Crippen LogP contribution in [0.3, 0.4) is 0 Å². The molecule has 0 aliphatic carbocycles. The maximum atomic E-state index is 2.42. The molecular formula is C11H16S2+2. The minimum absolute atomic E-state index is 0.621. The maximum absolute atomic E-state index is 2.42. The zero-order valence-corrected chi connectivity index (χ0v) is 9.83. The first kappa shape index (κ1) is 9.47. The van der Waals surface area contributed by atoms with E-state index in [1.807, 2.05) is 0 Å². The topological polar surface area (TPSA) is 0 Å². The van der Waals surface area contributed by atoms with Gasteiger partial charge in [-0.15, -0.1) is 0 Å². The lowest BCUT2D eigenvalue weighted by Crippen LogP contribution is -2.12. The van der Waals surface area contributed by atoms with Gasteiger partial charge in [0.25, 0.3) is 4.58 Å². The lowest BCUT2D eigenvalue weighted by Gasteiger charge is -2.05. The van der Waals surface area contributed by atoms with E-state index in [4.69, 9.17) is 0 Å². The lowest BCUT2D eigenvalue weighted by molar-refractivity contribution is 1.37. The van der Waals surface area contributed by atoms with E-state index in [9.17, 15) is 0 Å². The highest BCUT2D eigenvalue weighted by Crippen LogP contribution is 2.35. The summed E-state index contributed by atoms with van der Waals surface area (Å²) in [5.74, 6) is 2.89. The molecule has 0 aromatic heterocycles. The SMILES string of the molecule is C[S+]1CC[S+](C)C1c1ccccc1. The summed E-state index contributed by atoms with van der Waals surface area (Å²) in [5.41, 5.74) is 1.57. The molecule has 0 bridgehead atoms. The summed E-state index contributed by atoms with van der Waals surface area (Å²) >= 11 is 0. The summed E-state index contributed by atoms with van der Waals surface area (Å²) < 4.78 is 0.862. The maximum Gasteiger partial charge on any atom is 0.291 e. The molecule has 1 fully saturated rings. The molecule has 0 radical (unpaired) electrons. The molecule has 0 N–H and O–H groups in total. The van der Waals surface area contributed by atoms with Gasteiger partial charge in [0.05, 0.1) is 5.56 Å². The quantitative estimate of drug-likeness (QED) is 0.626. The molecular weight excluding hydrogens is 196 g/mol. The minimum atomic E-state index is 0.621. The van der Waals surface area contributed by atoms with Crippen molar-refractivity contribution >= 4 is 21.8 Å². The zero-order chi connectivity index (χ0) is 9.26. The third-order valence-corrected chi connectivity index (χ3v) is 8.46. The summed E-state index contributed by atoms with van der Waals surface area (Å²) in [6.45, 7) is 0. The van der Waals surface area contributed by atoms with Crippen molar-refractivity contribution in [2.24, 2.45) is 0 Å². The van der Waals surface area contributed by atoms with Crippen LogP contribution in [0.4, 0.5) is 0 Å². The second-order valence-corrected chi connectivity index (χ2v) is 8.35. The Labute approximate surface area is 86.4 Å². The van der Waals surface area contributed by atoms with Gasteiger partial charge in [-0.3, -0.25) is 0 Å². The number of rotatable bonds is 1. The standard InChI is InChI=1S/C11H16S2/c1-12-8-9-13(2)11(12)10-6-4-3-5-7-10/h3-7,11H,8-9H2,1-2H3/q+2. The minimum Gasteiger partial charge on any atom is -0.0622 e. The molecule has 0 amide bonds. The molecule has 0 nitrogen and oxygen atoms in total. The molecule has 1 heterocycles. The fourth-order valence-corrected chi connectivity index (χ4v) is 8.43. The Morgan fingerprint density at radius 2 is 1.54 bits per heavy atom. The molecule has 0 saturated carbocycles. The fraction of sp³-hybridized carbons (Fsp3) is 0.455. The van der Waals surface area contributed by atoms with Crippen molar-refractivity contribution in [2.45, 2.75) is 4.58 Å². The van der Waals surface area contributed by atoms with E-state index in [0.717, 1.165) is 4.58 Å². The van der Waals surface area contributed by atoms with Crippen LogP contribution in [0, 0.1) is 0 Å². The van der Waals surface area contributed by atoms with Crippen molar-refractivity contribution < 1.29 is 0 Å². The Hall–Kier alpha value is -0.0800. The molecule has 13 heavy (non-hydrogen) atoms. The van der Waals surface area contributed by atoms with Crippen molar-refractivity contribution in [3.8, 4) is 0 Å². The van der Waals surface area contributed by atoms with Crippen LogP contribution in [0.15, 0.2) is 30.3 Å². The van der Waals surface area contributed by atoms with E-state index in [0.29, 0.717) is 21.8 Å². The summed E-state index contributed by atoms with van der Waals surface area (Å²) in [6.07, 6.45) is 4.85. The summed E-state index contributed by atoms with van der Waals surface area (Å²) in [5, 5.41) is 0. The molecule has 1 aliphatic rings. The normalized spacial score (nSPS) is 33.5. The molecule has 2 unspecified atom stereocenters. The first-order chi connectivity index (χ1) is 6.29. The van der Waals surface area contributed by atoms with E-state index in [1.165, 1.54) is 11.5 Å². The van der Waals surface area contributed by atoms with Gasteiger partial charge >= 0.3 is 0 Å². The van der Waals surface area contributed by atoms with E-state index in [-0.39, 0.29) is 0 Å². The second kappa shape index (κ2) is 3.97. The van der Waals surface area contributed by atoms with Crippen molar-refractivity contribution in [2.75, 3.05) is 24.0 Å². The summed E-state index contributed by atoms with van der Waals surface area (Å²) in [4.78, 5) is 0. The molecule has 2 rings (SSSR count). The van der Waals surface area contributed by atoms with Crippen molar-refractivity contribution in [3.63, 3.8) is 0 Å². The van der Waals surface area contributed by atoms with Crippen LogP contribution in [0.5, 0.6) is 0 Å². The molecule has 2 atom stereocenters. The van der Waals surface area contributed by atoms with Gasteiger partial charge in [-0.2, -0.15) is 0 Å². The summed E-state index contributed by atoms with van der Waals surface area (Å²) in [7, 11) is 1.24. The van der Waals surface area contributed by atoms with Gasteiger partial charge in [0.2, 0.25) is 0 Å². The Balaban J connectivity index is 2.25. The number of hydrogen-bond donors (Lipinski definition) is 0. The first-order valence-corrected chi connectivity index (χ1v) is 8.30. The summed E-state index contributed by atoms with van der Waals surface area (Å²) in [6, 6.07) is 11.0. The van der Waals surface area contributed by atoms with Crippen LogP contribution < -0.4 is 0 Å². The number of hydrogen-bond acceptors (Lipinski definition) is 0.